The predicted octanol–water partition coefficient (Wildman–Crippen LogP) is 1.88. The van der Waals surface area contributed by atoms with E-state index in [-0.39, 0.29) is 0 Å². The van der Waals surface area contributed by atoms with Crippen LogP contribution >= 0.6 is 0 Å². The van der Waals surface area contributed by atoms with Crippen LogP contribution in [-0.2, 0) is 7.05 Å². The van der Waals surface area contributed by atoms with Crippen LogP contribution < -0.4 is 0 Å². The summed E-state index contributed by atoms with van der Waals surface area (Å²) < 4.78 is 2.09. The average Bonchev–Trinajstić information content (AvgIpc) is 2.30. The van der Waals surface area contributed by atoms with Crippen LogP contribution in [0.25, 0.3) is 11.0 Å². The van der Waals surface area contributed by atoms with E-state index in [9.17, 15) is 0 Å². The molecule has 0 N–H and O–H groups in total. The molecule has 0 aliphatic rings. The maximum atomic E-state index is 4.26. The fraction of sp³-hybridized carbons (Fsp3) is 0.222. The molecule has 0 bridgehead atoms. The smallest absolute Gasteiger partial charge is 0.139 e. The van der Waals surface area contributed by atoms with Crippen LogP contribution in [-0.4, -0.2) is 9.55 Å². The summed E-state index contributed by atoms with van der Waals surface area (Å²) in [6.45, 7) is 2.08. The molecule has 0 aromatic carbocycles. The summed E-state index contributed by atoms with van der Waals surface area (Å²) in [5.74, 6) is 0. The lowest BCUT2D eigenvalue weighted by Crippen LogP contribution is -1.90. The van der Waals surface area contributed by atoms with Crippen molar-refractivity contribution in [2.45, 2.75) is 6.92 Å². The van der Waals surface area contributed by atoms with Gasteiger partial charge in [0.1, 0.15) is 5.65 Å². The summed E-state index contributed by atoms with van der Waals surface area (Å²) in [5, 5.41) is 1.22. The van der Waals surface area contributed by atoms with Crippen molar-refractivity contribution in [2.24, 2.45) is 7.05 Å². The van der Waals surface area contributed by atoms with Gasteiger partial charge in [-0.2, -0.15) is 0 Å². The quantitative estimate of drug-likeness (QED) is 0.555. The molecule has 2 heterocycles. The highest BCUT2D eigenvalue weighted by atomic mass is 15.0. The zero-order chi connectivity index (χ0) is 7.84. The standard InChI is InChI=1S/C9H10N2/c1-7-6-8-4-3-5-10-9(8)11(7)2/h3-6H,1-2H3. The molecule has 2 aromatic heterocycles. The van der Waals surface area contributed by atoms with E-state index >= 15 is 0 Å². The normalized spacial score (nSPS) is 10.7. The first-order chi connectivity index (χ1) is 5.29. The first-order valence-corrected chi connectivity index (χ1v) is 3.66. The van der Waals surface area contributed by atoms with Crippen LogP contribution in [0.3, 0.4) is 0 Å². The molecule has 2 nitrogen and oxygen atoms in total. The van der Waals surface area contributed by atoms with Crippen molar-refractivity contribution in [2.75, 3.05) is 0 Å². The second kappa shape index (κ2) is 2.09. The van der Waals surface area contributed by atoms with Gasteiger partial charge in [-0.3, -0.25) is 0 Å². The molecule has 0 fully saturated rings. The molecule has 11 heavy (non-hydrogen) atoms. The van der Waals surface area contributed by atoms with Crippen LogP contribution in [0.1, 0.15) is 5.69 Å². The topological polar surface area (TPSA) is 17.8 Å². The van der Waals surface area contributed by atoms with Gasteiger partial charge in [0.2, 0.25) is 0 Å². The molecule has 0 atom stereocenters. The third kappa shape index (κ3) is 0.827. The van der Waals surface area contributed by atoms with Crippen LogP contribution in [0.5, 0.6) is 0 Å². The van der Waals surface area contributed by atoms with Crippen molar-refractivity contribution in [1.82, 2.24) is 9.55 Å². The van der Waals surface area contributed by atoms with Gasteiger partial charge in [-0.1, -0.05) is 0 Å². The highest BCUT2D eigenvalue weighted by Gasteiger charge is 1.99. The van der Waals surface area contributed by atoms with Crippen LogP contribution in [0.15, 0.2) is 24.4 Å². The molecule has 0 unspecified atom stereocenters. The number of nitrogens with zero attached hydrogens (tertiary/aromatic N) is 2. The Hall–Kier alpha value is -1.31. The highest BCUT2D eigenvalue weighted by molar-refractivity contribution is 5.76. The minimum absolute atomic E-state index is 1.06. The van der Waals surface area contributed by atoms with E-state index in [0.717, 1.165) is 5.65 Å². The molecule has 0 aliphatic carbocycles. The summed E-state index contributed by atoms with van der Waals surface area (Å²) in [5.41, 5.74) is 2.31. The number of aromatic nitrogens is 2. The third-order valence-electron chi connectivity index (χ3n) is 2.03. The van der Waals surface area contributed by atoms with Crippen molar-refractivity contribution in [3.63, 3.8) is 0 Å². The minimum Gasteiger partial charge on any atom is -0.333 e. The van der Waals surface area contributed by atoms with Gasteiger partial charge in [-0.15, -0.1) is 0 Å². The summed E-state index contributed by atoms with van der Waals surface area (Å²) in [6.07, 6.45) is 1.82. The van der Waals surface area contributed by atoms with Crippen LogP contribution in [0.2, 0.25) is 0 Å². The van der Waals surface area contributed by atoms with Gasteiger partial charge in [-0.05, 0) is 25.1 Å². The van der Waals surface area contributed by atoms with Gasteiger partial charge in [0.15, 0.2) is 0 Å². The van der Waals surface area contributed by atoms with Crippen molar-refractivity contribution in [1.29, 1.82) is 0 Å². The Morgan fingerprint density at radius 2 is 2.27 bits per heavy atom. The lowest BCUT2D eigenvalue weighted by atomic mass is 10.3. The van der Waals surface area contributed by atoms with Crippen molar-refractivity contribution >= 4 is 11.0 Å². The molecule has 56 valence electrons. The van der Waals surface area contributed by atoms with E-state index in [4.69, 9.17) is 0 Å². The Bertz CT molecular complexity index is 387. The van der Waals surface area contributed by atoms with E-state index < -0.39 is 0 Å². The van der Waals surface area contributed by atoms with Crippen molar-refractivity contribution in [3.05, 3.63) is 30.1 Å². The molecule has 0 radical (unpaired) electrons. The monoisotopic (exact) mass is 146 g/mol. The fourth-order valence-electron chi connectivity index (χ4n) is 1.29. The van der Waals surface area contributed by atoms with Gasteiger partial charge < -0.3 is 4.57 Å². The summed E-state index contributed by atoms with van der Waals surface area (Å²) >= 11 is 0. The molecule has 0 saturated carbocycles. The molecule has 2 rings (SSSR count). The molecule has 2 heteroatoms. The predicted molar refractivity (Wildman–Crippen MR) is 45.5 cm³/mol. The molecular formula is C9H10N2. The van der Waals surface area contributed by atoms with Crippen molar-refractivity contribution in [3.8, 4) is 0 Å². The lowest BCUT2D eigenvalue weighted by molar-refractivity contribution is 0.902. The Morgan fingerprint density at radius 3 is 3.00 bits per heavy atom. The molecule has 0 aliphatic heterocycles. The number of aryl methyl sites for hydroxylation is 2. The number of hydrogen-bond acceptors (Lipinski definition) is 1. The Labute approximate surface area is 65.5 Å². The molecular weight excluding hydrogens is 136 g/mol. The number of pyridine rings is 1. The van der Waals surface area contributed by atoms with Gasteiger partial charge in [0.05, 0.1) is 0 Å². The second-order valence-corrected chi connectivity index (χ2v) is 2.76. The summed E-state index contributed by atoms with van der Waals surface area (Å²) in [4.78, 5) is 4.26. The molecule has 0 spiro atoms. The molecule has 0 amide bonds. The van der Waals surface area contributed by atoms with Crippen LogP contribution in [0.4, 0.5) is 0 Å². The SMILES string of the molecule is Cc1cc2cccnc2n1C. The molecule has 2 aromatic rings. The van der Waals surface area contributed by atoms with Crippen molar-refractivity contribution < 1.29 is 0 Å². The maximum absolute atomic E-state index is 4.26. The van der Waals surface area contributed by atoms with Gasteiger partial charge >= 0.3 is 0 Å². The lowest BCUT2D eigenvalue weighted by Gasteiger charge is -1.95. The second-order valence-electron chi connectivity index (χ2n) is 2.76. The van der Waals surface area contributed by atoms with E-state index in [0.29, 0.717) is 0 Å². The highest BCUT2D eigenvalue weighted by Crippen LogP contribution is 2.14. The van der Waals surface area contributed by atoms with Gasteiger partial charge in [-0.25, -0.2) is 4.98 Å². The zero-order valence-electron chi connectivity index (χ0n) is 6.70. The number of rotatable bonds is 0. The average molecular weight is 146 g/mol. The van der Waals surface area contributed by atoms with E-state index in [2.05, 4.69) is 28.6 Å². The third-order valence-corrected chi connectivity index (χ3v) is 2.03. The first-order valence-electron chi connectivity index (χ1n) is 3.66. The Kier molecular flexibility index (Phi) is 1.22. The number of fused-ring (bicyclic) bond motifs is 1. The minimum atomic E-state index is 1.06. The maximum Gasteiger partial charge on any atom is 0.139 e. The summed E-state index contributed by atoms with van der Waals surface area (Å²) in [7, 11) is 2.03. The molecule has 0 saturated heterocycles. The van der Waals surface area contributed by atoms with E-state index in [1.54, 1.807) is 0 Å². The van der Waals surface area contributed by atoms with E-state index in [1.165, 1.54) is 11.1 Å². The zero-order valence-corrected chi connectivity index (χ0v) is 6.70. The number of hydrogen-bond donors (Lipinski definition) is 0. The van der Waals surface area contributed by atoms with Gasteiger partial charge in [0.25, 0.3) is 0 Å². The Balaban J connectivity index is 2.92. The largest absolute Gasteiger partial charge is 0.333 e. The first kappa shape index (κ1) is 6.40. The fourth-order valence-corrected chi connectivity index (χ4v) is 1.29. The summed E-state index contributed by atoms with van der Waals surface area (Å²) in [6, 6.07) is 6.18. The van der Waals surface area contributed by atoms with Gasteiger partial charge in [0, 0.05) is 24.3 Å². The Morgan fingerprint density at radius 1 is 1.45 bits per heavy atom. The van der Waals surface area contributed by atoms with E-state index in [1.807, 2.05) is 19.3 Å². The van der Waals surface area contributed by atoms with Crippen LogP contribution in [0, 0.1) is 6.92 Å².